The monoisotopic (exact) mass is 413 g/mol. The van der Waals surface area contributed by atoms with E-state index in [9.17, 15) is 9.59 Å². The van der Waals surface area contributed by atoms with Gasteiger partial charge in [-0.3, -0.25) is 14.3 Å². The van der Waals surface area contributed by atoms with Crippen LogP contribution in [0, 0.1) is 5.92 Å². The van der Waals surface area contributed by atoms with E-state index in [1.54, 1.807) is 42.0 Å². The van der Waals surface area contributed by atoms with E-state index in [-0.39, 0.29) is 30.2 Å². The number of anilines is 2. The molecule has 4 rings (SSSR count). The number of amides is 2. The van der Waals surface area contributed by atoms with E-state index in [2.05, 4.69) is 15.3 Å². The molecule has 2 saturated heterocycles. The normalized spacial score (nSPS) is 21.2. The van der Waals surface area contributed by atoms with Crippen molar-refractivity contribution in [3.63, 3.8) is 0 Å². The highest BCUT2D eigenvalue weighted by atomic mass is 16.5. The number of nitrogens with zero attached hydrogens (tertiary/aromatic N) is 4. The van der Waals surface area contributed by atoms with Crippen LogP contribution in [0.2, 0.25) is 0 Å². The van der Waals surface area contributed by atoms with Gasteiger partial charge in [0, 0.05) is 51.4 Å². The first-order valence-electron chi connectivity index (χ1n) is 10.0. The lowest BCUT2D eigenvalue weighted by Gasteiger charge is -2.21. The molecule has 2 fully saturated rings. The van der Waals surface area contributed by atoms with Crippen LogP contribution in [-0.2, 0) is 16.6 Å². The third-order valence-corrected chi connectivity index (χ3v) is 5.76. The Balaban J connectivity index is 1.38. The summed E-state index contributed by atoms with van der Waals surface area (Å²) in [7, 11) is 5.02. The number of rotatable bonds is 6. The molecule has 3 heterocycles. The molecule has 2 aromatic rings. The van der Waals surface area contributed by atoms with Gasteiger partial charge in [-0.05, 0) is 18.6 Å². The number of hydrogen-bond donors (Lipinski definition) is 1. The molecule has 2 atom stereocenters. The number of nitrogens with one attached hydrogen (secondary N) is 1. The fourth-order valence-electron chi connectivity index (χ4n) is 4.13. The molecule has 2 amide bonds. The Kier molecular flexibility index (Phi) is 5.52. The molecule has 0 bridgehead atoms. The van der Waals surface area contributed by atoms with Crippen LogP contribution in [-0.4, -0.2) is 61.5 Å². The summed E-state index contributed by atoms with van der Waals surface area (Å²) in [5.74, 6) is 0.665. The van der Waals surface area contributed by atoms with Gasteiger partial charge in [0.2, 0.25) is 11.8 Å². The van der Waals surface area contributed by atoms with Crippen LogP contribution in [0.4, 0.5) is 11.4 Å². The summed E-state index contributed by atoms with van der Waals surface area (Å²) in [5.41, 5.74) is 1.71. The molecule has 1 aromatic carbocycles. The minimum Gasteiger partial charge on any atom is -0.497 e. The van der Waals surface area contributed by atoms with Gasteiger partial charge in [-0.2, -0.15) is 5.10 Å². The molecule has 0 saturated carbocycles. The smallest absolute Gasteiger partial charge is 0.227 e. The van der Waals surface area contributed by atoms with Crippen LogP contribution < -0.4 is 24.6 Å². The standard InChI is InChI=1S/C21H27N5O4/c1-24-13-16(10-22-24)25-7-6-15(12-25)23-21(28)14-8-20(27)26(11-14)18-5-4-17(29-2)9-19(18)30-3/h4-5,9-10,13-15H,6-8,11-12H2,1-3H3,(H,23,28). The minimum absolute atomic E-state index is 0.0670. The van der Waals surface area contributed by atoms with Crippen LogP contribution in [0.1, 0.15) is 12.8 Å². The lowest BCUT2D eigenvalue weighted by Crippen LogP contribution is -2.41. The van der Waals surface area contributed by atoms with Crippen molar-refractivity contribution in [3.8, 4) is 11.5 Å². The Bertz CT molecular complexity index is 943. The van der Waals surface area contributed by atoms with Gasteiger partial charge in [-0.15, -0.1) is 0 Å². The summed E-state index contributed by atoms with van der Waals surface area (Å²) in [4.78, 5) is 29.3. The van der Waals surface area contributed by atoms with E-state index in [0.29, 0.717) is 23.7 Å². The Morgan fingerprint density at radius 3 is 2.77 bits per heavy atom. The van der Waals surface area contributed by atoms with Gasteiger partial charge in [0.05, 0.1) is 37.7 Å². The van der Waals surface area contributed by atoms with E-state index in [1.165, 1.54) is 0 Å². The van der Waals surface area contributed by atoms with Gasteiger partial charge in [0.1, 0.15) is 11.5 Å². The fourth-order valence-corrected chi connectivity index (χ4v) is 4.13. The molecule has 1 N–H and O–H groups in total. The molecule has 160 valence electrons. The van der Waals surface area contributed by atoms with E-state index in [0.717, 1.165) is 25.2 Å². The summed E-state index contributed by atoms with van der Waals surface area (Å²) >= 11 is 0. The Labute approximate surface area is 175 Å². The number of aromatic nitrogens is 2. The number of methoxy groups -OCH3 is 2. The van der Waals surface area contributed by atoms with E-state index in [1.807, 2.05) is 19.4 Å². The predicted octanol–water partition coefficient (Wildman–Crippen LogP) is 1.19. The van der Waals surface area contributed by atoms with Crippen molar-refractivity contribution < 1.29 is 19.1 Å². The second-order valence-electron chi connectivity index (χ2n) is 7.76. The highest BCUT2D eigenvalue weighted by Gasteiger charge is 2.37. The summed E-state index contributed by atoms with van der Waals surface area (Å²) in [5, 5.41) is 7.34. The number of ether oxygens (including phenoxy) is 2. The molecule has 9 heteroatoms. The lowest BCUT2D eigenvalue weighted by molar-refractivity contribution is -0.126. The van der Waals surface area contributed by atoms with Crippen LogP contribution in [0.3, 0.4) is 0 Å². The van der Waals surface area contributed by atoms with Crippen LogP contribution in [0.25, 0.3) is 0 Å². The third-order valence-electron chi connectivity index (χ3n) is 5.76. The van der Waals surface area contributed by atoms with E-state index < -0.39 is 0 Å². The zero-order valence-electron chi connectivity index (χ0n) is 17.5. The fraction of sp³-hybridized carbons (Fsp3) is 0.476. The number of hydrogen-bond acceptors (Lipinski definition) is 6. The average molecular weight is 413 g/mol. The molecule has 2 aliphatic rings. The molecular weight excluding hydrogens is 386 g/mol. The molecule has 0 spiro atoms. The van der Waals surface area contributed by atoms with E-state index in [4.69, 9.17) is 9.47 Å². The second kappa shape index (κ2) is 8.25. The van der Waals surface area contributed by atoms with Crippen LogP contribution >= 0.6 is 0 Å². The topological polar surface area (TPSA) is 88.9 Å². The SMILES string of the molecule is COc1ccc(N2CC(C(=O)NC3CCN(c4cnn(C)c4)C3)CC2=O)c(OC)c1. The van der Waals surface area contributed by atoms with Crippen molar-refractivity contribution in [2.75, 3.05) is 43.7 Å². The lowest BCUT2D eigenvalue weighted by atomic mass is 10.1. The Hall–Kier alpha value is -3.23. The van der Waals surface area contributed by atoms with Crippen molar-refractivity contribution in [2.45, 2.75) is 18.9 Å². The molecule has 0 radical (unpaired) electrons. The van der Waals surface area contributed by atoms with E-state index >= 15 is 0 Å². The van der Waals surface area contributed by atoms with Gasteiger partial charge >= 0.3 is 0 Å². The van der Waals surface area contributed by atoms with Crippen LogP contribution in [0.5, 0.6) is 11.5 Å². The maximum Gasteiger partial charge on any atom is 0.227 e. The first-order valence-corrected chi connectivity index (χ1v) is 10.0. The van der Waals surface area contributed by atoms with Gasteiger partial charge in [0.25, 0.3) is 0 Å². The third kappa shape index (κ3) is 3.92. The molecule has 0 aliphatic carbocycles. The highest BCUT2D eigenvalue weighted by Crippen LogP contribution is 2.36. The molecule has 2 unspecified atom stereocenters. The summed E-state index contributed by atoms with van der Waals surface area (Å²) in [6, 6.07) is 5.38. The number of carbonyl (C=O) groups is 2. The van der Waals surface area contributed by atoms with Crippen molar-refractivity contribution >= 4 is 23.2 Å². The zero-order valence-corrected chi connectivity index (χ0v) is 17.5. The van der Waals surface area contributed by atoms with Crippen molar-refractivity contribution in [1.82, 2.24) is 15.1 Å². The van der Waals surface area contributed by atoms with Gasteiger partial charge < -0.3 is 24.6 Å². The van der Waals surface area contributed by atoms with Gasteiger partial charge in [-0.1, -0.05) is 0 Å². The molecule has 9 nitrogen and oxygen atoms in total. The number of benzene rings is 1. The van der Waals surface area contributed by atoms with Gasteiger partial charge in [-0.25, -0.2) is 0 Å². The molecular formula is C21H27N5O4. The summed E-state index contributed by atoms with van der Waals surface area (Å²) < 4.78 is 12.4. The summed E-state index contributed by atoms with van der Waals surface area (Å²) in [6.45, 7) is 1.95. The van der Waals surface area contributed by atoms with Gasteiger partial charge in [0.15, 0.2) is 0 Å². The Morgan fingerprint density at radius 1 is 1.23 bits per heavy atom. The maximum absolute atomic E-state index is 12.8. The first-order chi connectivity index (χ1) is 14.5. The largest absolute Gasteiger partial charge is 0.497 e. The highest BCUT2D eigenvalue weighted by molar-refractivity contribution is 6.01. The molecule has 30 heavy (non-hydrogen) atoms. The predicted molar refractivity (Wildman–Crippen MR) is 112 cm³/mol. The van der Waals surface area contributed by atoms with Crippen molar-refractivity contribution in [1.29, 1.82) is 0 Å². The summed E-state index contributed by atoms with van der Waals surface area (Å²) in [6.07, 6.45) is 4.87. The zero-order chi connectivity index (χ0) is 21.3. The number of aryl methyl sites for hydroxylation is 1. The molecule has 2 aliphatic heterocycles. The minimum atomic E-state index is -0.378. The van der Waals surface area contributed by atoms with Crippen molar-refractivity contribution in [3.05, 3.63) is 30.6 Å². The average Bonchev–Trinajstić information content (AvgIpc) is 3.47. The quantitative estimate of drug-likeness (QED) is 0.765. The number of carbonyl (C=O) groups excluding carboxylic acids is 2. The van der Waals surface area contributed by atoms with Crippen molar-refractivity contribution in [2.24, 2.45) is 13.0 Å². The maximum atomic E-state index is 12.8. The molecule has 1 aromatic heterocycles. The Morgan fingerprint density at radius 2 is 2.07 bits per heavy atom. The first kappa shape index (κ1) is 20.1. The second-order valence-corrected chi connectivity index (χ2v) is 7.76. The van der Waals surface area contributed by atoms with Crippen LogP contribution in [0.15, 0.2) is 30.6 Å².